The summed E-state index contributed by atoms with van der Waals surface area (Å²) in [5, 5.41) is 0. The van der Waals surface area contributed by atoms with Crippen LogP contribution in [0.1, 0.15) is 39.2 Å². The van der Waals surface area contributed by atoms with Gasteiger partial charge in [0.2, 0.25) is 0 Å². The fourth-order valence-electron chi connectivity index (χ4n) is 2.58. The fraction of sp³-hybridized carbons (Fsp3) is 0.286. The molecule has 2 aromatic rings. The molecule has 0 N–H and O–H groups in total. The molecule has 1 aromatic heterocycles. The minimum Gasteiger partial charge on any atom is -0.256 e. The van der Waals surface area contributed by atoms with E-state index in [9.17, 15) is 0 Å². The number of aromatic nitrogens is 1. The van der Waals surface area contributed by atoms with E-state index >= 15 is 0 Å². The summed E-state index contributed by atoms with van der Waals surface area (Å²) in [6.07, 6.45) is 11.0. The minimum absolute atomic E-state index is 0.723. The molecular formula is C21H25N. The quantitative estimate of drug-likeness (QED) is 0.647. The van der Waals surface area contributed by atoms with Gasteiger partial charge in [0.05, 0.1) is 5.69 Å². The van der Waals surface area contributed by atoms with Gasteiger partial charge in [0, 0.05) is 17.3 Å². The van der Waals surface area contributed by atoms with E-state index in [1.165, 1.54) is 16.7 Å². The van der Waals surface area contributed by atoms with Gasteiger partial charge in [0.15, 0.2) is 0 Å². The summed E-state index contributed by atoms with van der Waals surface area (Å²) in [5.41, 5.74) is 4.76. The number of pyridine rings is 1. The van der Waals surface area contributed by atoms with Crippen molar-refractivity contribution in [3.05, 3.63) is 72.5 Å². The van der Waals surface area contributed by atoms with Gasteiger partial charge in [-0.2, -0.15) is 0 Å². The van der Waals surface area contributed by atoms with E-state index in [1.54, 1.807) is 0 Å². The van der Waals surface area contributed by atoms with Crippen LogP contribution in [0.15, 0.2) is 66.9 Å². The van der Waals surface area contributed by atoms with Crippen molar-refractivity contribution in [1.82, 2.24) is 4.98 Å². The molecule has 0 bridgehead atoms. The van der Waals surface area contributed by atoms with E-state index in [1.807, 2.05) is 32.2 Å². The predicted molar refractivity (Wildman–Crippen MR) is 96.5 cm³/mol. The van der Waals surface area contributed by atoms with Gasteiger partial charge in [-0.3, -0.25) is 4.98 Å². The molecule has 1 heterocycles. The summed E-state index contributed by atoms with van der Waals surface area (Å²) in [6, 6.07) is 14.6. The van der Waals surface area contributed by atoms with Crippen LogP contribution in [0.25, 0.3) is 16.8 Å². The Bertz CT molecular complexity index is 638. The van der Waals surface area contributed by atoms with Crippen molar-refractivity contribution in [3.8, 4) is 11.3 Å². The summed E-state index contributed by atoms with van der Waals surface area (Å²) >= 11 is 0. The molecule has 22 heavy (non-hydrogen) atoms. The third-order valence-corrected chi connectivity index (χ3v) is 3.74. The van der Waals surface area contributed by atoms with Crippen LogP contribution >= 0.6 is 0 Å². The molecule has 0 aliphatic heterocycles. The number of hydrogen-bond donors (Lipinski definition) is 0. The summed E-state index contributed by atoms with van der Waals surface area (Å²) < 4.78 is 0. The van der Waals surface area contributed by atoms with Crippen LogP contribution in [0.2, 0.25) is 0 Å². The van der Waals surface area contributed by atoms with Gasteiger partial charge in [-0.05, 0) is 30.4 Å². The molecule has 0 spiro atoms. The zero-order valence-electron chi connectivity index (χ0n) is 13.8. The third kappa shape index (κ3) is 3.94. The molecule has 1 atom stereocenters. The van der Waals surface area contributed by atoms with Crippen LogP contribution in [-0.4, -0.2) is 4.98 Å². The largest absolute Gasteiger partial charge is 0.256 e. The summed E-state index contributed by atoms with van der Waals surface area (Å²) in [4.78, 5) is 4.60. The number of hydrogen-bond acceptors (Lipinski definition) is 1. The van der Waals surface area contributed by atoms with Gasteiger partial charge in [0.25, 0.3) is 0 Å². The highest BCUT2D eigenvalue weighted by molar-refractivity contribution is 5.83. The summed E-state index contributed by atoms with van der Waals surface area (Å²) in [6.45, 7) is 6.30. The van der Waals surface area contributed by atoms with Crippen molar-refractivity contribution < 1.29 is 0 Å². The normalized spacial score (nSPS) is 17.0. The molecule has 1 aliphatic carbocycles. The Hall–Kier alpha value is -2.15. The van der Waals surface area contributed by atoms with Crippen LogP contribution in [0, 0.1) is 5.92 Å². The van der Waals surface area contributed by atoms with Crippen molar-refractivity contribution in [2.45, 2.75) is 33.6 Å². The first-order valence-corrected chi connectivity index (χ1v) is 8.22. The maximum absolute atomic E-state index is 4.60. The molecule has 1 aliphatic rings. The van der Waals surface area contributed by atoms with E-state index in [4.69, 9.17) is 0 Å². The lowest BCUT2D eigenvalue weighted by Crippen LogP contribution is -1.91. The molecule has 1 aromatic carbocycles. The Kier molecular flexibility index (Phi) is 6.14. The predicted octanol–water partition coefficient (Wildman–Crippen LogP) is 6.14. The Morgan fingerprint density at radius 1 is 0.955 bits per heavy atom. The summed E-state index contributed by atoms with van der Waals surface area (Å²) in [5.74, 6) is 0.723. The Morgan fingerprint density at radius 2 is 1.73 bits per heavy atom. The molecule has 0 saturated carbocycles. The molecule has 0 amide bonds. The first kappa shape index (κ1) is 16.2. The van der Waals surface area contributed by atoms with Gasteiger partial charge in [0.1, 0.15) is 0 Å². The van der Waals surface area contributed by atoms with Crippen LogP contribution in [0.3, 0.4) is 0 Å². The second kappa shape index (κ2) is 8.33. The molecule has 3 rings (SSSR count). The SMILES string of the molecule is CC.CC1CC=CC(c2cccnc2-c2ccccc2)=CC1. The van der Waals surface area contributed by atoms with Crippen LogP contribution in [-0.2, 0) is 0 Å². The van der Waals surface area contributed by atoms with Crippen molar-refractivity contribution in [3.63, 3.8) is 0 Å². The average Bonchev–Trinajstić information content (AvgIpc) is 2.82. The van der Waals surface area contributed by atoms with E-state index in [0.717, 1.165) is 24.5 Å². The molecule has 0 fully saturated rings. The van der Waals surface area contributed by atoms with E-state index in [-0.39, 0.29) is 0 Å². The van der Waals surface area contributed by atoms with Crippen LogP contribution in [0.4, 0.5) is 0 Å². The highest BCUT2D eigenvalue weighted by Gasteiger charge is 2.11. The Labute approximate surface area is 134 Å². The lowest BCUT2D eigenvalue weighted by atomic mass is 9.98. The van der Waals surface area contributed by atoms with Gasteiger partial charge < -0.3 is 0 Å². The molecule has 1 heteroatoms. The monoisotopic (exact) mass is 291 g/mol. The van der Waals surface area contributed by atoms with Gasteiger partial charge in [-0.15, -0.1) is 0 Å². The van der Waals surface area contributed by atoms with Gasteiger partial charge >= 0.3 is 0 Å². The third-order valence-electron chi connectivity index (χ3n) is 3.74. The lowest BCUT2D eigenvalue weighted by Gasteiger charge is -2.09. The van der Waals surface area contributed by atoms with Crippen LogP contribution < -0.4 is 0 Å². The average molecular weight is 291 g/mol. The van der Waals surface area contributed by atoms with E-state index < -0.39 is 0 Å². The molecular weight excluding hydrogens is 266 g/mol. The van der Waals surface area contributed by atoms with E-state index in [0.29, 0.717) is 0 Å². The smallest absolute Gasteiger partial charge is 0.0780 e. The minimum atomic E-state index is 0.723. The topological polar surface area (TPSA) is 12.9 Å². The van der Waals surface area contributed by atoms with Crippen molar-refractivity contribution in [1.29, 1.82) is 0 Å². The second-order valence-corrected chi connectivity index (χ2v) is 5.40. The molecule has 0 radical (unpaired) electrons. The number of benzene rings is 1. The highest BCUT2D eigenvalue weighted by Crippen LogP contribution is 2.30. The first-order valence-electron chi connectivity index (χ1n) is 8.22. The molecule has 0 saturated heterocycles. The molecule has 1 unspecified atom stereocenters. The second-order valence-electron chi connectivity index (χ2n) is 5.40. The number of rotatable bonds is 2. The first-order chi connectivity index (χ1) is 10.8. The van der Waals surface area contributed by atoms with E-state index in [2.05, 4.69) is 60.5 Å². The maximum atomic E-state index is 4.60. The molecule has 1 nitrogen and oxygen atoms in total. The zero-order valence-corrected chi connectivity index (χ0v) is 13.8. The Balaban J connectivity index is 0.000000847. The maximum Gasteiger partial charge on any atom is 0.0780 e. The lowest BCUT2D eigenvalue weighted by molar-refractivity contribution is 0.607. The van der Waals surface area contributed by atoms with Gasteiger partial charge in [-0.25, -0.2) is 0 Å². The molecule has 114 valence electrons. The summed E-state index contributed by atoms with van der Waals surface area (Å²) in [7, 11) is 0. The van der Waals surface area contributed by atoms with Gasteiger partial charge in [-0.1, -0.05) is 75.4 Å². The van der Waals surface area contributed by atoms with Crippen LogP contribution in [0.5, 0.6) is 0 Å². The van der Waals surface area contributed by atoms with Crippen molar-refractivity contribution >= 4 is 5.57 Å². The number of nitrogens with zero attached hydrogens (tertiary/aromatic N) is 1. The van der Waals surface area contributed by atoms with Crippen molar-refractivity contribution in [2.75, 3.05) is 0 Å². The fourth-order valence-corrected chi connectivity index (χ4v) is 2.58. The van der Waals surface area contributed by atoms with Crippen molar-refractivity contribution in [2.24, 2.45) is 5.92 Å². The zero-order chi connectivity index (χ0) is 15.8. The highest BCUT2D eigenvalue weighted by atomic mass is 14.7. The number of allylic oxidation sites excluding steroid dienone is 4. The Morgan fingerprint density at radius 3 is 2.50 bits per heavy atom. The standard InChI is InChI=1S/C19H19N.C2H6/c1-15-7-5-10-16(13-12-15)18-11-6-14-20-19(18)17-8-3-2-4-9-17;1-2/h2-6,8-11,13-15H,7,12H2,1H3;1-2H3.